The Bertz CT molecular complexity index is 1260. The highest BCUT2D eigenvalue weighted by molar-refractivity contribution is 7.89. The van der Waals surface area contributed by atoms with Gasteiger partial charge in [-0.25, -0.2) is 8.42 Å². The molecule has 1 fully saturated rings. The smallest absolute Gasteiger partial charge is 0.336 e. The van der Waals surface area contributed by atoms with Crippen molar-refractivity contribution in [3.8, 4) is 5.69 Å². The summed E-state index contributed by atoms with van der Waals surface area (Å²) in [5.41, 5.74) is 1.11. The summed E-state index contributed by atoms with van der Waals surface area (Å²) in [6.45, 7) is 1.93. The summed E-state index contributed by atoms with van der Waals surface area (Å²) in [6.07, 6.45) is -1.04. The molecule has 0 atom stereocenters. The fourth-order valence-electron chi connectivity index (χ4n) is 3.89. The van der Waals surface area contributed by atoms with E-state index in [4.69, 9.17) is 0 Å². The molecule has 0 saturated carbocycles. The minimum atomic E-state index is -4.79. The second-order valence-corrected chi connectivity index (χ2v) is 9.69. The van der Waals surface area contributed by atoms with E-state index in [0.717, 1.165) is 33.8 Å². The first kappa shape index (κ1) is 23.1. The van der Waals surface area contributed by atoms with E-state index in [-0.39, 0.29) is 32.1 Å². The number of hydrogen-bond acceptors (Lipinski definition) is 3. The number of sulfonamides is 1. The lowest BCUT2D eigenvalue weighted by Crippen LogP contribution is -2.50. The van der Waals surface area contributed by atoms with Crippen molar-refractivity contribution in [2.45, 2.75) is 18.0 Å². The van der Waals surface area contributed by atoms with Crippen LogP contribution in [-0.4, -0.2) is 54.3 Å². The van der Waals surface area contributed by atoms with Crippen LogP contribution in [0.1, 0.15) is 21.5 Å². The number of hydrogen-bond donors (Lipinski definition) is 0. The molecule has 1 aromatic heterocycles. The lowest BCUT2D eigenvalue weighted by Gasteiger charge is -2.34. The zero-order chi connectivity index (χ0) is 23.8. The molecule has 10 heteroatoms. The van der Waals surface area contributed by atoms with Crippen molar-refractivity contribution >= 4 is 15.9 Å². The van der Waals surface area contributed by atoms with Crippen molar-refractivity contribution in [1.29, 1.82) is 0 Å². The summed E-state index contributed by atoms with van der Waals surface area (Å²) in [5.74, 6) is -0.254. The summed E-state index contributed by atoms with van der Waals surface area (Å²) >= 11 is 0. The molecule has 0 radical (unpaired) electrons. The van der Waals surface area contributed by atoms with Gasteiger partial charge in [-0.3, -0.25) is 4.79 Å². The maximum atomic E-state index is 13.3. The van der Waals surface area contributed by atoms with Crippen LogP contribution in [0.5, 0.6) is 0 Å². The van der Waals surface area contributed by atoms with E-state index in [1.54, 1.807) is 12.1 Å². The normalized spacial score (nSPS) is 15.6. The molecule has 2 heterocycles. The Morgan fingerprint density at radius 1 is 0.909 bits per heavy atom. The van der Waals surface area contributed by atoms with Gasteiger partial charge >= 0.3 is 6.18 Å². The molecule has 1 aliphatic rings. The lowest BCUT2D eigenvalue weighted by atomic mass is 10.1. The van der Waals surface area contributed by atoms with Gasteiger partial charge < -0.3 is 9.47 Å². The number of nitrogens with zero attached hydrogens (tertiary/aromatic N) is 3. The number of amides is 1. The Kier molecular flexibility index (Phi) is 6.06. The number of alkyl halides is 3. The molecule has 4 rings (SSSR count). The van der Waals surface area contributed by atoms with Gasteiger partial charge in [-0.05, 0) is 48.9 Å². The third kappa shape index (κ3) is 4.53. The fraction of sp³-hybridized carbons (Fsp3) is 0.261. The zero-order valence-electron chi connectivity index (χ0n) is 17.8. The first-order valence-electron chi connectivity index (χ1n) is 10.3. The van der Waals surface area contributed by atoms with E-state index >= 15 is 0 Å². The van der Waals surface area contributed by atoms with E-state index in [1.165, 1.54) is 11.0 Å². The molecular weight excluding hydrogens is 455 g/mol. The summed E-state index contributed by atoms with van der Waals surface area (Å²) < 4.78 is 68.7. The van der Waals surface area contributed by atoms with Crippen molar-refractivity contribution in [2.24, 2.45) is 0 Å². The topological polar surface area (TPSA) is 62.6 Å². The fourth-order valence-corrected chi connectivity index (χ4v) is 5.53. The molecule has 3 aromatic rings. The van der Waals surface area contributed by atoms with Crippen molar-refractivity contribution in [2.75, 3.05) is 26.2 Å². The summed E-state index contributed by atoms with van der Waals surface area (Å²) in [6, 6.07) is 13.2. The van der Waals surface area contributed by atoms with Crippen LogP contribution in [0.2, 0.25) is 0 Å². The Balaban J connectivity index is 1.51. The minimum Gasteiger partial charge on any atom is -0.336 e. The maximum Gasteiger partial charge on any atom is 0.417 e. The molecule has 6 nitrogen and oxygen atoms in total. The molecule has 33 heavy (non-hydrogen) atoms. The van der Waals surface area contributed by atoms with Gasteiger partial charge in [-0.15, -0.1) is 0 Å². The van der Waals surface area contributed by atoms with Crippen molar-refractivity contribution in [3.05, 3.63) is 83.7 Å². The van der Waals surface area contributed by atoms with Gasteiger partial charge in [0.25, 0.3) is 5.91 Å². The highest BCUT2D eigenvalue weighted by Crippen LogP contribution is 2.35. The molecule has 0 unspecified atom stereocenters. The Morgan fingerprint density at radius 2 is 1.55 bits per heavy atom. The van der Waals surface area contributed by atoms with E-state index in [1.807, 2.05) is 42.1 Å². The standard InChI is InChI=1S/C23H22F3N3O3S/c1-17-8-9-18(16-20(17)27-10-4-5-11-27)22(30)28-12-14-29(15-13-28)33(31,32)21-7-3-2-6-19(21)23(24,25)26/h2-11,16H,12-15H2,1H3. The van der Waals surface area contributed by atoms with Gasteiger partial charge in [0.1, 0.15) is 0 Å². The maximum absolute atomic E-state index is 13.3. The van der Waals surface area contributed by atoms with E-state index < -0.39 is 26.7 Å². The third-order valence-electron chi connectivity index (χ3n) is 5.67. The molecule has 1 saturated heterocycles. The number of benzene rings is 2. The predicted molar refractivity (Wildman–Crippen MR) is 117 cm³/mol. The number of carbonyl (C=O) groups is 1. The number of aromatic nitrogens is 1. The quantitative estimate of drug-likeness (QED) is 0.572. The summed E-state index contributed by atoms with van der Waals surface area (Å²) in [4.78, 5) is 13.8. The molecule has 2 aromatic carbocycles. The van der Waals surface area contributed by atoms with Crippen LogP contribution in [0, 0.1) is 6.92 Å². The van der Waals surface area contributed by atoms with Gasteiger partial charge in [0.2, 0.25) is 10.0 Å². The molecule has 0 aliphatic carbocycles. The molecule has 0 spiro atoms. The van der Waals surface area contributed by atoms with E-state index in [0.29, 0.717) is 5.56 Å². The highest BCUT2D eigenvalue weighted by atomic mass is 32.2. The van der Waals surface area contributed by atoms with Crippen LogP contribution in [-0.2, 0) is 16.2 Å². The third-order valence-corrected chi connectivity index (χ3v) is 7.63. The molecule has 1 aliphatic heterocycles. The number of rotatable bonds is 4. The van der Waals surface area contributed by atoms with Crippen molar-refractivity contribution in [1.82, 2.24) is 13.8 Å². The number of piperazine rings is 1. The average molecular weight is 478 g/mol. The van der Waals surface area contributed by atoms with Gasteiger partial charge in [-0.2, -0.15) is 17.5 Å². The molecular formula is C23H22F3N3O3S. The van der Waals surface area contributed by atoms with Crippen LogP contribution in [0.25, 0.3) is 5.69 Å². The van der Waals surface area contributed by atoms with Crippen LogP contribution in [0.3, 0.4) is 0 Å². The molecule has 1 amide bonds. The SMILES string of the molecule is Cc1ccc(C(=O)N2CCN(S(=O)(=O)c3ccccc3C(F)(F)F)CC2)cc1-n1cccc1. The molecule has 0 bridgehead atoms. The number of carbonyl (C=O) groups excluding carboxylic acids is 1. The van der Waals surface area contributed by atoms with Gasteiger partial charge in [0.05, 0.1) is 10.5 Å². The highest BCUT2D eigenvalue weighted by Gasteiger charge is 2.39. The van der Waals surface area contributed by atoms with Gasteiger partial charge in [-0.1, -0.05) is 18.2 Å². The average Bonchev–Trinajstić information content (AvgIpc) is 3.33. The first-order chi connectivity index (χ1) is 15.6. The number of halogens is 3. The summed E-state index contributed by atoms with van der Waals surface area (Å²) in [5, 5.41) is 0. The van der Waals surface area contributed by atoms with Crippen LogP contribution < -0.4 is 0 Å². The summed E-state index contributed by atoms with van der Waals surface area (Å²) in [7, 11) is -4.36. The second kappa shape index (κ2) is 8.68. The first-order valence-corrected chi connectivity index (χ1v) is 11.7. The minimum absolute atomic E-state index is 0.0823. The predicted octanol–water partition coefficient (Wildman–Crippen LogP) is 3.95. The monoisotopic (exact) mass is 477 g/mol. The largest absolute Gasteiger partial charge is 0.417 e. The molecule has 174 valence electrons. The Hall–Kier alpha value is -3.11. The number of aryl methyl sites for hydroxylation is 1. The van der Waals surface area contributed by atoms with Crippen molar-refractivity contribution in [3.63, 3.8) is 0 Å². The van der Waals surface area contributed by atoms with Crippen LogP contribution in [0.4, 0.5) is 13.2 Å². The van der Waals surface area contributed by atoms with Gasteiger partial charge in [0.15, 0.2) is 0 Å². The Labute approximate surface area is 189 Å². The lowest BCUT2D eigenvalue weighted by molar-refractivity contribution is -0.139. The van der Waals surface area contributed by atoms with Crippen LogP contribution in [0.15, 0.2) is 71.9 Å². The Morgan fingerprint density at radius 3 is 2.18 bits per heavy atom. The van der Waals surface area contributed by atoms with Crippen molar-refractivity contribution < 1.29 is 26.4 Å². The van der Waals surface area contributed by atoms with E-state index in [9.17, 15) is 26.4 Å². The molecule has 0 N–H and O–H groups in total. The van der Waals surface area contributed by atoms with E-state index in [2.05, 4.69) is 0 Å². The van der Waals surface area contributed by atoms with Crippen LogP contribution >= 0.6 is 0 Å². The van der Waals surface area contributed by atoms with Gasteiger partial charge in [0, 0.05) is 49.8 Å². The zero-order valence-corrected chi connectivity index (χ0v) is 18.6. The second-order valence-electron chi connectivity index (χ2n) is 7.78.